The first-order chi connectivity index (χ1) is 14.7. The van der Waals surface area contributed by atoms with Crippen LogP contribution in [0.1, 0.15) is 78.2 Å². The third-order valence-corrected chi connectivity index (χ3v) is 8.14. The maximum absolute atomic E-state index is 13.0. The summed E-state index contributed by atoms with van der Waals surface area (Å²) in [6.07, 6.45) is 7.94. The quantitative estimate of drug-likeness (QED) is 0.481. The monoisotopic (exact) mass is 449 g/mol. The van der Waals surface area contributed by atoms with Gasteiger partial charge in [0.25, 0.3) is 0 Å². The molecule has 1 saturated heterocycles. The molecule has 6 nitrogen and oxygen atoms in total. The minimum absolute atomic E-state index is 0.117. The third-order valence-electron chi connectivity index (χ3n) is 6.25. The molecule has 0 unspecified atom stereocenters. The van der Waals surface area contributed by atoms with Crippen LogP contribution in [-0.2, 0) is 10.2 Å². The molecule has 0 aliphatic carbocycles. The first-order valence-corrected chi connectivity index (χ1v) is 13.2. The molecule has 1 aromatic carbocycles. The number of benzene rings is 1. The zero-order chi connectivity index (χ0) is 22.6. The normalized spacial score (nSPS) is 16.8. The molecule has 0 amide bonds. The van der Waals surface area contributed by atoms with Gasteiger partial charge in [-0.3, -0.25) is 4.72 Å². The van der Waals surface area contributed by atoms with Gasteiger partial charge in [-0.15, -0.1) is 0 Å². The lowest BCUT2D eigenvalue weighted by Gasteiger charge is -2.31. The van der Waals surface area contributed by atoms with Crippen LogP contribution in [0.15, 0.2) is 28.9 Å². The van der Waals surface area contributed by atoms with Crippen molar-refractivity contribution in [1.82, 2.24) is 9.21 Å². The Labute approximate surface area is 188 Å². The van der Waals surface area contributed by atoms with Crippen LogP contribution in [0.25, 0.3) is 11.0 Å². The van der Waals surface area contributed by atoms with Crippen molar-refractivity contribution < 1.29 is 12.8 Å². The molecule has 0 saturated carbocycles. The van der Waals surface area contributed by atoms with Gasteiger partial charge in [-0.2, -0.15) is 12.7 Å². The van der Waals surface area contributed by atoms with Gasteiger partial charge in [0.1, 0.15) is 5.58 Å². The molecule has 1 aromatic heterocycles. The Balaban J connectivity index is 1.74. The molecule has 3 rings (SSSR count). The van der Waals surface area contributed by atoms with Crippen molar-refractivity contribution in [2.75, 3.05) is 24.4 Å². The molecule has 7 heteroatoms. The highest BCUT2D eigenvalue weighted by Crippen LogP contribution is 2.36. The van der Waals surface area contributed by atoms with Gasteiger partial charge in [-0.25, -0.2) is 0 Å². The number of likely N-dealkylation sites (tertiary alicyclic amines) is 1. The maximum atomic E-state index is 13.0. The summed E-state index contributed by atoms with van der Waals surface area (Å²) < 4.78 is 36.0. The van der Waals surface area contributed by atoms with E-state index in [1.807, 2.05) is 46.1 Å². The van der Waals surface area contributed by atoms with Crippen LogP contribution < -0.4 is 4.72 Å². The maximum Gasteiger partial charge on any atom is 0.302 e. The van der Waals surface area contributed by atoms with Crippen LogP contribution in [0.3, 0.4) is 0 Å². The van der Waals surface area contributed by atoms with Crippen molar-refractivity contribution in [2.24, 2.45) is 0 Å². The first-order valence-electron chi connectivity index (χ1n) is 11.8. The Kier molecular flexibility index (Phi) is 8.05. The predicted molar refractivity (Wildman–Crippen MR) is 129 cm³/mol. The van der Waals surface area contributed by atoms with Crippen molar-refractivity contribution >= 4 is 26.9 Å². The van der Waals surface area contributed by atoms with Crippen LogP contribution in [0.2, 0.25) is 0 Å². The van der Waals surface area contributed by atoms with Gasteiger partial charge in [-0.1, -0.05) is 19.8 Å². The third kappa shape index (κ3) is 5.82. The van der Waals surface area contributed by atoms with E-state index >= 15 is 0 Å². The van der Waals surface area contributed by atoms with E-state index in [1.54, 1.807) is 6.07 Å². The van der Waals surface area contributed by atoms with Crippen LogP contribution in [-0.4, -0.2) is 49.3 Å². The summed E-state index contributed by atoms with van der Waals surface area (Å²) in [7, 11) is -3.64. The number of nitrogens with one attached hydrogen (secondary N) is 1. The van der Waals surface area contributed by atoms with E-state index in [2.05, 4.69) is 16.5 Å². The van der Waals surface area contributed by atoms with Crippen molar-refractivity contribution in [2.45, 2.75) is 84.7 Å². The number of hydrogen-bond donors (Lipinski definition) is 1. The summed E-state index contributed by atoms with van der Waals surface area (Å²) >= 11 is 0. The Hall–Kier alpha value is -1.57. The lowest BCUT2D eigenvalue weighted by atomic mass is 9.89. The average molecular weight is 450 g/mol. The first kappa shape index (κ1) is 24.1. The molecular formula is C24H39N3O3S. The van der Waals surface area contributed by atoms with Crippen molar-refractivity contribution in [3.63, 3.8) is 0 Å². The average Bonchev–Trinajstić information content (AvgIpc) is 3.10. The largest absolute Gasteiger partial charge is 0.464 e. The standard InChI is InChI=1S/C24H39N3O3S/c1-6-7-8-13-26-14-11-20(12-15-26)23-17-30-24-10-9-21(16-22(23)24)25-31(28,29)27(18(2)3)19(4)5/h9-10,16-20,25H,6-8,11-15H2,1-5H3. The van der Waals surface area contributed by atoms with E-state index in [0.717, 1.165) is 36.9 Å². The number of rotatable bonds is 10. The highest BCUT2D eigenvalue weighted by atomic mass is 32.2. The van der Waals surface area contributed by atoms with Crippen molar-refractivity contribution in [1.29, 1.82) is 0 Å². The summed E-state index contributed by atoms with van der Waals surface area (Å²) in [5.74, 6) is 0.457. The molecule has 31 heavy (non-hydrogen) atoms. The second-order valence-electron chi connectivity index (χ2n) is 9.35. The molecule has 1 aliphatic heterocycles. The number of unbranched alkanes of at least 4 members (excludes halogenated alkanes) is 2. The van der Waals surface area contributed by atoms with E-state index in [9.17, 15) is 8.42 Å². The van der Waals surface area contributed by atoms with E-state index in [4.69, 9.17) is 4.42 Å². The number of piperidine rings is 1. The van der Waals surface area contributed by atoms with E-state index < -0.39 is 10.2 Å². The van der Waals surface area contributed by atoms with E-state index in [1.165, 1.54) is 35.7 Å². The summed E-state index contributed by atoms with van der Waals surface area (Å²) in [6.45, 7) is 13.2. The number of furan rings is 1. The lowest BCUT2D eigenvalue weighted by molar-refractivity contribution is 0.208. The van der Waals surface area contributed by atoms with Crippen LogP contribution in [0.5, 0.6) is 0 Å². The van der Waals surface area contributed by atoms with Crippen LogP contribution in [0.4, 0.5) is 5.69 Å². The van der Waals surface area contributed by atoms with Crippen molar-refractivity contribution in [3.8, 4) is 0 Å². The number of fused-ring (bicyclic) bond motifs is 1. The molecule has 174 valence electrons. The van der Waals surface area contributed by atoms with Gasteiger partial charge in [-0.05, 0) is 90.7 Å². The Morgan fingerprint density at radius 3 is 2.42 bits per heavy atom. The zero-order valence-corrected chi connectivity index (χ0v) is 20.5. The fourth-order valence-electron chi connectivity index (χ4n) is 4.83. The van der Waals surface area contributed by atoms with Crippen LogP contribution >= 0.6 is 0 Å². The summed E-state index contributed by atoms with van der Waals surface area (Å²) in [5, 5.41) is 1.02. The smallest absolute Gasteiger partial charge is 0.302 e. The molecular weight excluding hydrogens is 410 g/mol. The second-order valence-corrected chi connectivity index (χ2v) is 10.9. The molecule has 0 bridgehead atoms. The zero-order valence-electron chi connectivity index (χ0n) is 19.7. The number of hydrogen-bond acceptors (Lipinski definition) is 4. The molecule has 2 heterocycles. The van der Waals surface area contributed by atoms with Gasteiger partial charge < -0.3 is 9.32 Å². The summed E-state index contributed by atoms with van der Waals surface area (Å²) in [4.78, 5) is 2.57. The molecule has 1 N–H and O–H groups in total. The number of anilines is 1. The Morgan fingerprint density at radius 2 is 1.81 bits per heavy atom. The van der Waals surface area contributed by atoms with Gasteiger partial charge in [0, 0.05) is 23.0 Å². The Bertz CT molecular complexity index is 936. The number of nitrogens with zero attached hydrogens (tertiary/aromatic N) is 2. The molecule has 0 spiro atoms. The fourth-order valence-corrected chi connectivity index (χ4v) is 6.47. The predicted octanol–water partition coefficient (Wildman–Crippen LogP) is 5.58. The van der Waals surface area contributed by atoms with Gasteiger partial charge in [0.2, 0.25) is 0 Å². The van der Waals surface area contributed by atoms with Crippen LogP contribution in [0, 0.1) is 0 Å². The highest BCUT2D eigenvalue weighted by molar-refractivity contribution is 7.90. The van der Waals surface area contributed by atoms with E-state index in [0.29, 0.717) is 11.6 Å². The van der Waals surface area contributed by atoms with E-state index in [-0.39, 0.29) is 12.1 Å². The summed E-state index contributed by atoms with van der Waals surface area (Å²) in [6, 6.07) is 5.34. The van der Waals surface area contributed by atoms with Gasteiger partial charge in [0.05, 0.1) is 12.0 Å². The van der Waals surface area contributed by atoms with Gasteiger partial charge >= 0.3 is 10.2 Å². The molecule has 1 aliphatic rings. The lowest BCUT2D eigenvalue weighted by Crippen LogP contribution is -2.45. The second kappa shape index (κ2) is 10.4. The molecule has 1 fully saturated rings. The minimum Gasteiger partial charge on any atom is -0.464 e. The summed E-state index contributed by atoms with van der Waals surface area (Å²) in [5.41, 5.74) is 2.60. The SMILES string of the molecule is CCCCCN1CCC(c2coc3ccc(NS(=O)(=O)N(C(C)C)C(C)C)cc23)CC1. The highest BCUT2D eigenvalue weighted by Gasteiger charge is 2.28. The molecule has 0 atom stereocenters. The topological polar surface area (TPSA) is 65.8 Å². The van der Waals surface area contributed by atoms with Crippen molar-refractivity contribution in [3.05, 3.63) is 30.0 Å². The Morgan fingerprint density at radius 1 is 1.13 bits per heavy atom. The fraction of sp³-hybridized carbons (Fsp3) is 0.667. The minimum atomic E-state index is -3.64. The van der Waals surface area contributed by atoms with Gasteiger partial charge in [0.15, 0.2) is 0 Å². The molecule has 0 radical (unpaired) electrons. The molecule has 2 aromatic rings.